The van der Waals surface area contributed by atoms with Gasteiger partial charge in [-0.3, -0.25) is 4.79 Å². The van der Waals surface area contributed by atoms with E-state index in [4.69, 9.17) is 0 Å². The Hall–Kier alpha value is -0.610. The van der Waals surface area contributed by atoms with Gasteiger partial charge >= 0.3 is 5.97 Å². The third-order valence-corrected chi connectivity index (χ3v) is 5.28. The van der Waals surface area contributed by atoms with Crippen LogP contribution in [0.4, 0.5) is 0 Å². The molecule has 4 nitrogen and oxygen atoms in total. The molecule has 1 aliphatic carbocycles. The van der Waals surface area contributed by atoms with Gasteiger partial charge in [-0.15, -0.1) is 0 Å². The van der Waals surface area contributed by atoms with Crippen molar-refractivity contribution in [3.8, 4) is 0 Å². The van der Waals surface area contributed by atoms with Crippen LogP contribution in [0.25, 0.3) is 0 Å². The molecular formula is C16H30N2O2. The first-order valence-electron chi connectivity index (χ1n) is 8.16. The van der Waals surface area contributed by atoms with E-state index in [0.29, 0.717) is 12.6 Å². The fraction of sp³-hybridized carbons (Fsp3) is 0.938. The van der Waals surface area contributed by atoms with Crippen molar-refractivity contribution in [2.75, 3.05) is 33.7 Å². The van der Waals surface area contributed by atoms with Gasteiger partial charge in [0.15, 0.2) is 0 Å². The number of aliphatic carboxylic acids is 1. The van der Waals surface area contributed by atoms with Crippen LogP contribution < -0.4 is 0 Å². The van der Waals surface area contributed by atoms with E-state index in [1.807, 2.05) is 0 Å². The van der Waals surface area contributed by atoms with Crippen LogP contribution in [-0.4, -0.2) is 60.6 Å². The summed E-state index contributed by atoms with van der Waals surface area (Å²) in [5.74, 6) is -0.578. The maximum absolute atomic E-state index is 11.8. The number of carboxylic acid groups (broad SMARTS) is 1. The van der Waals surface area contributed by atoms with E-state index in [1.54, 1.807) is 0 Å². The molecule has 1 aliphatic heterocycles. The van der Waals surface area contributed by atoms with E-state index in [2.05, 4.69) is 23.9 Å². The lowest BCUT2D eigenvalue weighted by molar-refractivity contribution is -0.151. The third kappa shape index (κ3) is 3.73. The summed E-state index contributed by atoms with van der Waals surface area (Å²) in [4.78, 5) is 16.5. The number of likely N-dealkylation sites (tertiary alicyclic amines) is 1. The molecule has 1 atom stereocenters. The van der Waals surface area contributed by atoms with Crippen LogP contribution in [0.2, 0.25) is 0 Å². The minimum absolute atomic E-state index is 0.498. The van der Waals surface area contributed by atoms with E-state index in [0.717, 1.165) is 32.2 Å². The van der Waals surface area contributed by atoms with Gasteiger partial charge < -0.3 is 14.9 Å². The standard InChI is InChI=1S/C16H30N2O2/c1-17(12-14-8-7-11-18(14)2)13-16(15(19)20)9-5-3-4-6-10-16/h14H,3-13H2,1-2H3,(H,19,20). The Labute approximate surface area is 123 Å². The van der Waals surface area contributed by atoms with Gasteiger partial charge in [0.05, 0.1) is 5.41 Å². The molecule has 2 aliphatic rings. The molecule has 2 fully saturated rings. The zero-order valence-corrected chi connectivity index (χ0v) is 13.1. The molecule has 0 spiro atoms. The molecule has 0 aromatic rings. The Bertz CT molecular complexity index is 324. The fourth-order valence-corrected chi connectivity index (χ4v) is 4.00. The molecule has 0 radical (unpaired) electrons. The zero-order valence-electron chi connectivity index (χ0n) is 13.1. The van der Waals surface area contributed by atoms with E-state index < -0.39 is 11.4 Å². The highest BCUT2D eigenvalue weighted by molar-refractivity contribution is 5.75. The lowest BCUT2D eigenvalue weighted by Gasteiger charge is -2.34. The number of rotatable bonds is 5. The van der Waals surface area contributed by atoms with Crippen molar-refractivity contribution in [2.45, 2.75) is 57.4 Å². The quantitative estimate of drug-likeness (QED) is 0.787. The summed E-state index contributed by atoms with van der Waals surface area (Å²) in [6.07, 6.45) is 8.78. The molecule has 116 valence electrons. The topological polar surface area (TPSA) is 43.8 Å². The summed E-state index contributed by atoms with van der Waals surface area (Å²) in [5, 5.41) is 9.74. The average Bonchev–Trinajstić information content (AvgIpc) is 2.66. The average molecular weight is 282 g/mol. The summed E-state index contributed by atoms with van der Waals surface area (Å²) in [6.45, 7) is 2.90. The summed E-state index contributed by atoms with van der Waals surface area (Å²) in [7, 11) is 4.28. The Morgan fingerprint density at radius 3 is 2.40 bits per heavy atom. The summed E-state index contributed by atoms with van der Waals surface area (Å²) in [5.41, 5.74) is -0.498. The van der Waals surface area contributed by atoms with Gasteiger partial charge in [-0.2, -0.15) is 0 Å². The van der Waals surface area contributed by atoms with E-state index in [-0.39, 0.29) is 0 Å². The maximum Gasteiger partial charge on any atom is 0.310 e. The number of carboxylic acids is 1. The van der Waals surface area contributed by atoms with Gasteiger partial charge in [-0.05, 0) is 46.3 Å². The monoisotopic (exact) mass is 282 g/mol. The minimum atomic E-state index is -0.578. The molecular weight excluding hydrogens is 252 g/mol. The van der Waals surface area contributed by atoms with Crippen molar-refractivity contribution < 1.29 is 9.90 Å². The van der Waals surface area contributed by atoms with Crippen molar-refractivity contribution in [3.05, 3.63) is 0 Å². The molecule has 0 aromatic heterocycles. The highest BCUT2D eigenvalue weighted by Gasteiger charge is 2.40. The van der Waals surface area contributed by atoms with Gasteiger partial charge in [0, 0.05) is 19.1 Å². The molecule has 1 unspecified atom stereocenters. The second-order valence-electron chi connectivity index (χ2n) is 6.97. The Morgan fingerprint density at radius 2 is 1.90 bits per heavy atom. The number of likely N-dealkylation sites (N-methyl/N-ethyl adjacent to an activating group) is 2. The predicted molar refractivity (Wildman–Crippen MR) is 80.9 cm³/mol. The first-order valence-corrected chi connectivity index (χ1v) is 8.16. The van der Waals surface area contributed by atoms with Crippen LogP contribution in [0.5, 0.6) is 0 Å². The SMILES string of the molecule is CN(CC1CCCN1C)CC1(C(=O)O)CCCCCC1. The lowest BCUT2D eigenvalue weighted by atomic mass is 9.80. The lowest BCUT2D eigenvalue weighted by Crippen LogP contribution is -2.45. The van der Waals surface area contributed by atoms with Crippen molar-refractivity contribution in [1.82, 2.24) is 9.80 Å². The van der Waals surface area contributed by atoms with Gasteiger partial charge in [0.1, 0.15) is 0 Å². The van der Waals surface area contributed by atoms with Crippen LogP contribution in [-0.2, 0) is 4.79 Å². The Kier molecular flexibility index (Phi) is 5.44. The first kappa shape index (κ1) is 15.8. The van der Waals surface area contributed by atoms with Crippen molar-refractivity contribution in [1.29, 1.82) is 0 Å². The second kappa shape index (κ2) is 6.90. The van der Waals surface area contributed by atoms with Gasteiger partial charge in [-0.1, -0.05) is 25.7 Å². The molecule has 4 heteroatoms. The van der Waals surface area contributed by atoms with Crippen LogP contribution >= 0.6 is 0 Å². The maximum atomic E-state index is 11.8. The van der Waals surface area contributed by atoms with Crippen LogP contribution in [0, 0.1) is 5.41 Å². The molecule has 2 rings (SSSR count). The third-order valence-electron chi connectivity index (χ3n) is 5.28. The van der Waals surface area contributed by atoms with Gasteiger partial charge in [0.25, 0.3) is 0 Å². The van der Waals surface area contributed by atoms with Gasteiger partial charge in [0.2, 0.25) is 0 Å². The molecule has 20 heavy (non-hydrogen) atoms. The Morgan fingerprint density at radius 1 is 1.25 bits per heavy atom. The number of hydrogen-bond acceptors (Lipinski definition) is 3. The summed E-state index contributed by atoms with van der Waals surface area (Å²) >= 11 is 0. The van der Waals surface area contributed by atoms with Crippen molar-refractivity contribution in [3.63, 3.8) is 0 Å². The minimum Gasteiger partial charge on any atom is -0.481 e. The van der Waals surface area contributed by atoms with Crippen LogP contribution in [0.1, 0.15) is 51.4 Å². The molecule has 0 amide bonds. The molecule has 1 saturated carbocycles. The normalized spacial score (nSPS) is 27.6. The highest BCUT2D eigenvalue weighted by atomic mass is 16.4. The molecule has 1 N–H and O–H groups in total. The molecule has 0 bridgehead atoms. The summed E-state index contributed by atoms with van der Waals surface area (Å²) in [6, 6.07) is 0.608. The number of nitrogens with zero attached hydrogens (tertiary/aromatic N) is 2. The number of carbonyl (C=O) groups is 1. The summed E-state index contributed by atoms with van der Waals surface area (Å²) < 4.78 is 0. The van der Waals surface area contributed by atoms with Crippen LogP contribution in [0.3, 0.4) is 0 Å². The Balaban J connectivity index is 1.94. The van der Waals surface area contributed by atoms with E-state index in [1.165, 1.54) is 32.2 Å². The second-order valence-corrected chi connectivity index (χ2v) is 6.97. The first-order chi connectivity index (χ1) is 9.53. The molecule has 1 saturated heterocycles. The molecule has 1 heterocycles. The van der Waals surface area contributed by atoms with E-state index >= 15 is 0 Å². The molecule has 0 aromatic carbocycles. The zero-order chi connectivity index (χ0) is 14.6. The predicted octanol–water partition coefficient (Wildman–Crippen LogP) is 2.44. The fourth-order valence-electron chi connectivity index (χ4n) is 4.00. The highest BCUT2D eigenvalue weighted by Crippen LogP contribution is 2.36. The smallest absolute Gasteiger partial charge is 0.310 e. The van der Waals surface area contributed by atoms with Crippen molar-refractivity contribution >= 4 is 5.97 Å². The van der Waals surface area contributed by atoms with E-state index in [9.17, 15) is 9.90 Å². The van der Waals surface area contributed by atoms with Gasteiger partial charge in [-0.25, -0.2) is 0 Å². The van der Waals surface area contributed by atoms with Crippen LogP contribution in [0.15, 0.2) is 0 Å². The largest absolute Gasteiger partial charge is 0.481 e. The number of hydrogen-bond donors (Lipinski definition) is 1. The van der Waals surface area contributed by atoms with Crippen molar-refractivity contribution in [2.24, 2.45) is 5.41 Å².